The van der Waals surface area contributed by atoms with Crippen LogP contribution in [-0.2, 0) is 20.7 Å². The highest BCUT2D eigenvalue weighted by Crippen LogP contribution is 2.24. The van der Waals surface area contributed by atoms with Gasteiger partial charge in [0.2, 0.25) is 11.8 Å². The number of benzene rings is 1. The van der Waals surface area contributed by atoms with Gasteiger partial charge in [0, 0.05) is 30.2 Å². The summed E-state index contributed by atoms with van der Waals surface area (Å²) in [5, 5.41) is 13.8. The second kappa shape index (κ2) is 8.67. The van der Waals surface area contributed by atoms with Crippen molar-refractivity contribution in [3.8, 4) is 0 Å². The first kappa shape index (κ1) is 19.0. The van der Waals surface area contributed by atoms with Crippen LogP contribution in [-0.4, -0.2) is 60.8 Å². The van der Waals surface area contributed by atoms with Crippen molar-refractivity contribution in [2.75, 3.05) is 26.8 Å². The van der Waals surface area contributed by atoms with E-state index in [4.69, 9.17) is 27.9 Å². The molecule has 1 aromatic carbocycles. The van der Waals surface area contributed by atoms with Gasteiger partial charge in [0.05, 0.1) is 18.6 Å². The Bertz CT molecular complexity index is 591. The van der Waals surface area contributed by atoms with Gasteiger partial charge in [-0.25, -0.2) is 0 Å². The minimum atomic E-state index is -0.828. The minimum Gasteiger partial charge on any atom is -0.389 e. The third-order valence-electron chi connectivity index (χ3n) is 3.95. The van der Waals surface area contributed by atoms with Crippen LogP contribution >= 0.6 is 23.2 Å². The zero-order valence-corrected chi connectivity index (χ0v) is 14.8. The topological polar surface area (TPSA) is 78.9 Å². The number of aliphatic hydroxyl groups excluding tert-OH is 1. The molecule has 1 aliphatic rings. The Hall–Kier alpha value is -1.34. The van der Waals surface area contributed by atoms with Crippen LogP contribution < -0.4 is 5.32 Å². The molecular formula is C16H20Cl2N2O4. The van der Waals surface area contributed by atoms with Crippen LogP contribution in [0.4, 0.5) is 0 Å². The quantitative estimate of drug-likeness (QED) is 0.812. The van der Waals surface area contributed by atoms with Crippen molar-refractivity contribution < 1.29 is 19.4 Å². The Morgan fingerprint density at radius 2 is 2.04 bits per heavy atom. The van der Waals surface area contributed by atoms with Crippen molar-refractivity contribution in [2.45, 2.75) is 25.0 Å². The third-order valence-corrected chi connectivity index (χ3v) is 4.66. The summed E-state index contributed by atoms with van der Waals surface area (Å²) in [5.41, 5.74) is 0.556. The van der Waals surface area contributed by atoms with Crippen molar-refractivity contribution in [3.63, 3.8) is 0 Å². The number of hydrogen-bond donors (Lipinski definition) is 2. The molecule has 0 spiro atoms. The van der Waals surface area contributed by atoms with Crippen LogP contribution in [0.2, 0.25) is 10.0 Å². The van der Waals surface area contributed by atoms with E-state index in [2.05, 4.69) is 5.32 Å². The van der Waals surface area contributed by atoms with E-state index in [9.17, 15) is 14.7 Å². The van der Waals surface area contributed by atoms with E-state index >= 15 is 0 Å². The fourth-order valence-electron chi connectivity index (χ4n) is 2.66. The van der Waals surface area contributed by atoms with Gasteiger partial charge >= 0.3 is 0 Å². The summed E-state index contributed by atoms with van der Waals surface area (Å²) in [6, 6.07) is 4.64. The summed E-state index contributed by atoms with van der Waals surface area (Å²) in [4.78, 5) is 25.5. The van der Waals surface area contributed by atoms with E-state index < -0.39 is 12.1 Å². The number of nitrogens with one attached hydrogen (secondary N) is 1. The number of carbonyl (C=O) groups excluding carboxylic acids is 2. The van der Waals surface area contributed by atoms with Crippen molar-refractivity contribution in [3.05, 3.63) is 33.8 Å². The standard InChI is InChI=1S/C16H20Cl2N2O4/c1-24-9-16(23)20-6-5-13(14(21)8-20)19-15(22)7-10-11(17)3-2-4-12(10)18/h2-4,13-14,21H,5-9H2,1H3,(H,19,22)/t13-,14-/m1/s1. The first-order valence-electron chi connectivity index (χ1n) is 7.59. The van der Waals surface area contributed by atoms with Gasteiger partial charge in [0.25, 0.3) is 0 Å². The number of aliphatic hydroxyl groups is 1. The lowest BCUT2D eigenvalue weighted by atomic mass is 10.0. The van der Waals surface area contributed by atoms with Crippen molar-refractivity contribution in [1.82, 2.24) is 10.2 Å². The Labute approximate surface area is 150 Å². The number of β-amino-alcohol motifs (C(OH)–C–C–N with tert-alkyl or cyclic N) is 1. The number of methoxy groups -OCH3 is 1. The fourth-order valence-corrected chi connectivity index (χ4v) is 3.19. The number of rotatable bonds is 5. The minimum absolute atomic E-state index is 0.0191. The summed E-state index contributed by atoms with van der Waals surface area (Å²) in [5.74, 6) is -0.449. The van der Waals surface area contributed by atoms with Gasteiger partial charge in [-0.1, -0.05) is 29.3 Å². The molecule has 0 bridgehead atoms. The predicted molar refractivity (Wildman–Crippen MR) is 91.2 cm³/mol. The van der Waals surface area contributed by atoms with Gasteiger partial charge in [0.15, 0.2) is 0 Å². The van der Waals surface area contributed by atoms with Crippen LogP contribution in [0.25, 0.3) is 0 Å². The summed E-state index contributed by atoms with van der Waals surface area (Å²) >= 11 is 12.1. The second-order valence-corrected chi connectivity index (χ2v) is 6.49. The maximum absolute atomic E-state index is 12.2. The number of piperidine rings is 1. The Morgan fingerprint density at radius 3 is 2.62 bits per heavy atom. The molecule has 2 N–H and O–H groups in total. The van der Waals surface area contributed by atoms with Crippen LogP contribution in [0, 0.1) is 0 Å². The normalized spacial score (nSPS) is 20.8. The molecule has 1 saturated heterocycles. The number of ether oxygens (including phenoxy) is 1. The van der Waals surface area contributed by atoms with Gasteiger partial charge in [-0.15, -0.1) is 0 Å². The number of likely N-dealkylation sites (tertiary alicyclic amines) is 1. The second-order valence-electron chi connectivity index (χ2n) is 5.68. The maximum atomic E-state index is 12.2. The van der Waals surface area contributed by atoms with Gasteiger partial charge in [-0.2, -0.15) is 0 Å². The Morgan fingerprint density at radius 1 is 1.38 bits per heavy atom. The summed E-state index contributed by atoms with van der Waals surface area (Å²) in [6.45, 7) is 0.603. The molecule has 8 heteroatoms. The van der Waals surface area contributed by atoms with Gasteiger partial charge in [-0.3, -0.25) is 9.59 Å². The van der Waals surface area contributed by atoms with Crippen LogP contribution in [0.15, 0.2) is 18.2 Å². The fraction of sp³-hybridized carbons (Fsp3) is 0.500. The molecule has 0 radical (unpaired) electrons. The van der Waals surface area contributed by atoms with E-state index in [1.807, 2.05) is 0 Å². The highest BCUT2D eigenvalue weighted by atomic mass is 35.5. The van der Waals surface area contributed by atoms with E-state index in [0.29, 0.717) is 28.6 Å². The SMILES string of the molecule is COCC(=O)N1CC[C@@H](NC(=O)Cc2c(Cl)cccc2Cl)[C@H](O)C1. The highest BCUT2D eigenvalue weighted by molar-refractivity contribution is 6.36. The Balaban J connectivity index is 1.90. The van der Waals surface area contributed by atoms with Gasteiger partial charge in [0.1, 0.15) is 6.61 Å². The molecule has 2 rings (SSSR count). The average molecular weight is 375 g/mol. The third kappa shape index (κ3) is 4.83. The van der Waals surface area contributed by atoms with Crippen LogP contribution in [0.1, 0.15) is 12.0 Å². The van der Waals surface area contributed by atoms with Crippen molar-refractivity contribution in [1.29, 1.82) is 0 Å². The molecule has 132 valence electrons. The van der Waals surface area contributed by atoms with Crippen molar-refractivity contribution >= 4 is 35.0 Å². The molecule has 0 aromatic heterocycles. The number of halogens is 2. The number of hydrogen-bond acceptors (Lipinski definition) is 4. The van der Waals surface area contributed by atoms with Gasteiger partial charge < -0.3 is 20.1 Å². The average Bonchev–Trinajstić information content (AvgIpc) is 2.53. The molecule has 1 heterocycles. The molecule has 0 aliphatic carbocycles. The van der Waals surface area contributed by atoms with Crippen LogP contribution in [0.3, 0.4) is 0 Å². The molecule has 2 atom stereocenters. The molecule has 1 aromatic rings. The summed E-state index contributed by atoms with van der Waals surface area (Å²) in [6.07, 6.45) is -0.322. The van der Waals surface area contributed by atoms with E-state index in [-0.39, 0.29) is 31.4 Å². The van der Waals surface area contributed by atoms with E-state index in [1.165, 1.54) is 12.0 Å². The first-order chi connectivity index (χ1) is 11.4. The zero-order valence-electron chi connectivity index (χ0n) is 13.3. The lowest BCUT2D eigenvalue weighted by Crippen LogP contribution is -2.56. The number of amides is 2. The number of nitrogens with zero attached hydrogens (tertiary/aromatic N) is 1. The summed E-state index contributed by atoms with van der Waals surface area (Å²) in [7, 11) is 1.45. The maximum Gasteiger partial charge on any atom is 0.248 e. The zero-order chi connectivity index (χ0) is 17.7. The smallest absolute Gasteiger partial charge is 0.248 e. The largest absolute Gasteiger partial charge is 0.389 e. The van der Waals surface area contributed by atoms with E-state index in [0.717, 1.165) is 0 Å². The van der Waals surface area contributed by atoms with Gasteiger partial charge in [-0.05, 0) is 24.1 Å². The monoisotopic (exact) mass is 374 g/mol. The highest BCUT2D eigenvalue weighted by Gasteiger charge is 2.31. The lowest BCUT2D eigenvalue weighted by Gasteiger charge is -2.36. The summed E-state index contributed by atoms with van der Waals surface area (Å²) < 4.78 is 4.80. The molecule has 2 amide bonds. The molecular weight excluding hydrogens is 355 g/mol. The van der Waals surface area contributed by atoms with Crippen LogP contribution in [0.5, 0.6) is 0 Å². The first-order valence-corrected chi connectivity index (χ1v) is 8.35. The molecule has 1 fully saturated rings. The molecule has 6 nitrogen and oxygen atoms in total. The molecule has 24 heavy (non-hydrogen) atoms. The van der Waals surface area contributed by atoms with Crippen molar-refractivity contribution in [2.24, 2.45) is 0 Å². The van der Waals surface area contributed by atoms with E-state index in [1.54, 1.807) is 18.2 Å². The lowest BCUT2D eigenvalue weighted by molar-refractivity contribution is -0.139. The predicted octanol–water partition coefficient (Wildman–Crippen LogP) is 1.26. The molecule has 0 unspecified atom stereocenters. The molecule has 0 saturated carbocycles. The molecule has 1 aliphatic heterocycles. The number of carbonyl (C=O) groups is 2. The Kier molecular flexibility index (Phi) is 6.86.